The molecule has 0 saturated heterocycles. The summed E-state index contributed by atoms with van der Waals surface area (Å²) in [5.41, 5.74) is 1.51. The second-order valence-corrected chi connectivity index (χ2v) is 6.03. The summed E-state index contributed by atoms with van der Waals surface area (Å²) < 4.78 is 21.6. The lowest BCUT2D eigenvalue weighted by Gasteiger charge is -2.06. The Morgan fingerprint density at radius 2 is 2.25 bits per heavy atom. The third-order valence-electron chi connectivity index (χ3n) is 3.54. The van der Waals surface area contributed by atoms with Gasteiger partial charge in [-0.3, -0.25) is 0 Å². The molecule has 1 aromatic heterocycles. The minimum Gasteiger partial charge on any atom is -0.381 e. The minimum absolute atomic E-state index is 0.105. The highest BCUT2D eigenvalue weighted by atomic mass is 35.5. The number of nitrogens with one attached hydrogen (secondary N) is 1. The first-order chi connectivity index (χ1) is 9.65. The molecule has 3 rings (SSSR count). The number of hydrogen-bond acceptors (Lipinski definition) is 2. The van der Waals surface area contributed by atoms with E-state index < -0.39 is 5.82 Å². The van der Waals surface area contributed by atoms with Crippen LogP contribution in [0.15, 0.2) is 12.1 Å². The van der Waals surface area contributed by atoms with Crippen LogP contribution in [0.4, 0.5) is 4.39 Å². The first kappa shape index (κ1) is 14.0. The van der Waals surface area contributed by atoms with E-state index in [1.807, 2.05) is 4.57 Å². The van der Waals surface area contributed by atoms with Gasteiger partial charge < -0.3 is 14.3 Å². The van der Waals surface area contributed by atoms with Crippen LogP contribution in [0.3, 0.4) is 0 Å². The Hall–Kier alpha value is -0.910. The van der Waals surface area contributed by atoms with Crippen molar-refractivity contribution in [2.45, 2.75) is 25.8 Å². The summed E-state index contributed by atoms with van der Waals surface area (Å²) in [7, 11) is 0. The number of benzene rings is 1. The van der Waals surface area contributed by atoms with Crippen molar-refractivity contribution in [2.24, 2.45) is 5.92 Å². The lowest BCUT2D eigenvalue weighted by Crippen LogP contribution is -2.04. The lowest BCUT2D eigenvalue weighted by atomic mass is 10.3. The average Bonchev–Trinajstić information content (AvgIpc) is 3.17. The van der Waals surface area contributed by atoms with Crippen molar-refractivity contribution in [3.05, 3.63) is 27.7 Å². The Kier molecular flexibility index (Phi) is 4.10. The molecular formula is C14H16ClFN2OS. The molecule has 1 saturated carbocycles. The molecule has 1 heterocycles. The van der Waals surface area contributed by atoms with E-state index in [0.29, 0.717) is 17.9 Å². The smallest absolute Gasteiger partial charge is 0.178 e. The molecule has 0 radical (unpaired) electrons. The summed E-state index contributed by atoms with van der Waals surface area (Å²) in [6.45, 7) is 2.29. The first-order valence-electron chi connectivity index (χ1n) is 6.80. The van der Waals surface area contributed by atoms with E-state index in [4.69, 9.17) is 28.6 Å². The number of nitrogens with zero attached hydrogens (tertiary/aromatic N) is 1. The van der Waals surface area contributed by atoms with Crippen LogP contribution in [0.5, 0.6) is 0 Å². The maximum absolute atomic E-state index is 13.6. The van der Waals surface area contributed by atoms with Gasteiger partial charge in [0.2, 0.25) is 0 Å². The van der Waals surface area contributed by atoms with Gasteiger partial charge in [0.25, 0.3) is 0 Å². The summed E-state index contributed by atoms with van der Waals surface area (Å²) in [5, 5.41) is 0.105. The summed E-state index contributed by atoms with van der Waals surface area (Å²) in [6, 6.07) is 3.00. The fourth-order valence-electron chi connectivity index (χ4n) is 2.23. The van der Waals surface area contributed by atoms with Gasteiger partial charge in [0.1, 0.15) is 5.82 Å². The maximum Gasteiger partial charge on any atom is 0.178 e. The predicted molar refractivity (Wildman–Crippen MR) is 80.3 cm³/mol. The fourth-order valence-corrected chi connectivity index (χ4v) is 2.70. The minimum atomic E-state index is -0.424. The molecule has 0 amide bonds. The predicted octanol–water partition coefficient (Wildman–Crippen LogP) is 4.31. The van der Waals surface area contributed by atoms with Crippen molar-refractivity contribution in [1.29, 1.82) is 0 Å². The SMILES string of the molecule is Fc1cc2c(cc1Cl)[nH]c(=S)n2CCCOCC1CC1. The Morgan fingerprint density at radius 3 is 3.00 bits per heavy atom. The van der Waals surface area contributed by atoms with Crippen LogP contribution >= 0.6 is 23.8 Å². The van der Waals surface area contributed by atoms with Crippen LogP contribution in [0.1, 0.15) is 19.3 Å². The van der Waals surface area contributed by atoms with Gasteiger partial charge in [-0.05, 0) is 43.5 Å². The molecule has 1 N–H and O–H groups in total. The van der Waals surface area contributed by atoms with Crippen molar-refractivity contribution < 1.29 is 9.13 Å². The van der Waals surface area contributed by atoms with Crippen molar-refractivity contribution in [3.63, 3.8) is 0 Å². The highest BCUT2D eigenvalue weighted by Crippen LogP contribution is 2.28. The van der Waals surface area contributed by atoms with Crippen LogP contribution < -0.4 is 0 Å². The summed E-state index contributed by atoms with van der Waals surface area (Å²) in [4.78, 5) is 3.05. The number of hydrogen-bond donors (Lipinski definition) is 1. The highest BCUT2D eigenvalue weighted by Gasteiger charge is 2.20. The number of rotatable bonds is 6. The fraction of sp³-hybridized carbons (Fsp3) is 0.500. The summed E-state index contributed by atoms with van der Waals surface area (Å²) in [6.07, 6.45) is 3.46. The molecule has 1 aromatic carbocycles. The third kappa shape index (κ3) is 3.05. The van der Waals surface area contributed by atoms with Crippen LogP contribution in [0, 0.1) is 16.5 Å². The normalized spacial score (nSPS) is 15.1. The number of aromatic amines is 1. The number of fused-ring (bicyclic) bond motifs is 1. The van der Waals surface area contributed by atoms with E-state index in [-0.39, 0.29) is 5.02 Å². The largest absolute Gasteiger partial charge is 0.381 e. The van der Waals surface area contributed by atoms with Gasteiger partial charge in [-0.25, -0.2) is 4.39 Å². The Bertz CT molecular complexity index is 678. The second kappa shape index (κ2) is 5.84. The molecule has 1 aliphatic rings. The van der Waals surface area contributed by atoms with Gasteiger partial charge in [0.05, 0.1) is 16.1 Å². The maximum atomic E-state index is 13.6. The number of H-pyrrole nitrogens is 1. The molecule has 0 spiro atoms. The highest BCUT2D eigenvalue weighted by molar-refractivity contribution is 7.71. The number of imidazole rings is 1. The van der Waals surface area contributed by atoms with Crippen molar-refractivity contribution in [2.75, 3.05) is 13.2 Å². The van der Waals surface area contributed by atoms with Crippen LogP contribution in [-0.4, -0.2) is 22.8 Å². The van der Waals surface area contributed by atoms with Crippen LogP contribution in [-0.2, 0) is 11.3 Å². The first-order valence-corrected chi connectivity index (χ1v) is 7.59. The van der Waals surface area contributed by atoms with Gasteiger partial charge in [-0.15, -0.1) is 0 Å². The van der Waals surface area contributed by atoms with Crippen molar-refractivity contribution in [3.8, 4) is 0 Å². The van der Waals surface area contributed by atoms with E-state index in [2.05, 4.69) is 4.98 Å². The standard InChI is InChI=1S/C14H16ClFN2OS/c15-10-6-12-13(7-11(10)16)18(14(20)17-12)4-1-5-19-8-9-2-3-9/h6-7,9H,1-5,8H2,(H,17,20). The molecule has 0 atom stereocenters. The topological polar surface area (TPSA) is 29.9 Å². The van der Waals surface area contributed by atoms with E-state index in [1.54, 1.807) is 6.07 Å². The number of aryl methyl sites for hydroxylation is 1. The van der Waals surface area contributed by atoms with Gasteiger partial charge in [-0.2, -0.15) is 0 Å². The zero-order valence-corrected chi connectivity index (χ0v) is 12.6. The molecular weight excluding hydrogens is 299 g/mol. The zero-order chi connectivity index (χ0) is 14.1. The second-order valence-electron chi connectivity index (χ2n) is 5.24. The molecule has 1 fully saturated rings. The van der Waals surface area contributed by atoms with Gasteiger partial charge in [-0.1, -0.05) is 11.6 Å². The molecule has 108 valence electrons. The number of ether oxygens (including phenoxy) is 1. The molecule has 3 nitrogen and oxygen atoms in total. The van der Waals surface area contributed by atoms with Crippen molar-refractivity contribution >= 4 is 34.9 Å². The molecule has 6 heteroatoms. The third-order valence-corrected chi connectivity index (χ3v) is 4.15. The van der Waals surface area contributed by atoms with Crippen LogP contribution in [0.2, 0.25) is 5.02 Å². The molecule has 20 heavy (non-hydrogen) atoms. The van der Waals surface area contributed by atoms with Crippen LogP contribution in [0.25, 0.3) is 11.0 Å². The van der Waals surface area contributed by atoms with E-state index in [9.17, 15) is 4.39 Å². The Morgan fingerprint density at radius 1 is 1.45 bits per heavy atom. The Labute approximate surface area is 126 Å². The summed E-state index contributed by atoms with van der Waals surface area (Å²) in [5.74, 6) is 0.355. The van der Waals surface area contributed by atoms with Gasteiger partial charge >= 0.3 is 0 Å². The van der Waals surface area contributed by atoms with Gasteiger partial charge in [0.15, 0.2) is 4.77 Å². The van der Waals surface area contributed by atoms with E-state index >= 15 is 0 Å². The summed E-state index contributed by atoms with van der Waals surface area (Å²) >= 11 is 11.0. The molecule has 0 aliphatic heterocycles. The molecule has 2 aromatic rings. The average molecular weight is 315 g/mol. The quantitative estimate of drug-likeness (QED) is 0.636. The lowest BCUT2D eigenvalue weighted by molar-refractivity contribution is 0.119. The molecule has 0 unspecified atom stereocenters. The monoisotopic (exact) mass is 314 g/mol. The van der Waals surface area contributed by atoms with E-state index in [1.165, 1.54) is 18.9 Å². The number of halogens is 2. The zero-order valence-electron chi connectivity index (χ0n) is 11.0. The molecule has 0 bridgehead atoms. The van der Waals surface area contributed by atoms with Crippen molar-refractivity contribution in [1.82, 2.24) is 9.55 Å². The number of aromatic nitrogens is 2. The van der Waals surface area contributed by atoms with Gasteiger partial charge in [0, 0.05) is 25.8 Å². The molecule has 1 aliphatic carbocycles. The van der Waals surface area contributed by atoms with E-state index in [0.717, 1.165) is 30.0 Å². The Balaban J connectivity index is 1.68.